The number of rotatable bonds is 11. The molecule has 268 valence electrons. The maximum atomic E-state index is 13.9. The molecule has 0 aliphatic carbocycles. The fourth-order valence-corrected chi connectivity index (χ4v) is 6.14. The van der Waals surface area contributed by atoms with Crippen molar-refractivity contribution in [3.8, 4) is 6.07 Å². The third kappa shape index (κ3) is 9.54. The number of carbonyl (C=O) groups excluding carboxylic acids is 5. The molecule has 13 heteroatoms. The quantitative estimate of drug-likeness (QED) is 0.113. The predicted molar refractivity (Wildman–Crippen MR) is 189 cm³/mol. The lowest BCUT2D eigenvalue weighted by molar-refractivity contribution is -0.153. The fraction of sp³-hybridized carbons (Fsp3) is 0.421. The molecular weight excluding hydrogens is 652 g/mol. The Balaban J connectivity index is 1.40. The second-order valence-corrected chi connectivity index (χ2v) is 13.8. The minimum absolute atomic E-state index is 0.0261. The van der Waals surface area contributed by atoms with Crippen LogP contribution in [0.1, 0.15) is 79.4 Å². The van der Waals surface area contributed by atoms with E-state index >= 15 is 0 Å². The van der Waals surface area contributed by atoms with E-state index in [9.17, 15) is 29.2 Å². The Morgan fingerprint density at radius 1 is 0.961 bits per heavy atom. The van der Waals surface area contributed by atoms with Crippen molar-refractivity contribution < 1.29 is 33.1 Å². The number of likely N-dealkylation sites (tertiary alicyclic amines) is 2. The summed E-state index contributed by atoms with van der Waals surface area (Å²) in [6, 6.07) is 14.1. The molecule has 0 unspecified atom stereocenters. The first-order chi connectivity index (χ1) is 24.3. The van der Waals surface area contributed by atoms with Crippen molar-refractivity contribution in [2.75, 3.05) is 38.0 Å². The van der Waals surface area contributed by atoms with Crippen molar-refractivity contribution in [1.29, 1.82) is 5.26 Å². The summed E-state index contributed by atoms with van der Waals surface area (Å²) in [5.74, 6) is -1.39. The maximum absolute atomic E-state index is 13.9. The van der Waals surface area contributed by atoms with Crippen LogP contribution in [-0.2, 0) is 19.1 Å². The number of anilines is 1. The van der Waals surface area contributed by atoms with Crippen molar-refractivity contribution in [2.24, 2.45) is 0 Å². The zero-order valence-electron chi connectivity index (χ0n) is 29.5. The molecule has 0 spiro atoms. The molecule has 2 aliphatic rings. The van der Waals surface area contributed by atoms with E-state index in [4.69, 9.17) is 9.15 Å². The topological polar surface area (TPSA) is 174 Å². The molecule has 51 heavy (non-hydrogen) atoms. The highest BCUT2D eigenvalue weighted by atomic mass is 16.6. The number of furan rings is 1. The first-order valence-electron chi connectivity index (χ1n) is 17.2. The highest BCUT2D eigenvalue weighted by molar-refractivity contribution is 6.12. The summed E-state index contributed by atoms with van der Waals surface area (Å²) >= 11 is 0. The van der Waals surface area contributed by atoms with Crippen molar-refractivity contribution in [2.45, 2.75) is 71.4 Å². The number of esters is 1. The number of ketones is 1. The molecule has 2 aliphatic heterocycles. The van der Waals surface area contributed by atoms with Crippen LogP contribution >= 0.6 is 0 Å². The van der Waals surface area contributed by atoms with Gasteiger partial charge in [-0.2, -0.15) is 5.26 Å². The number of fused-ring (bicyclic) bond motifs is 1. The van der Waals surface area contributed by atoms with Crippen LogP contribution in [0.3, 0.4) is 0 Å². The van der Waals surface area contributed by atoms with E-state index in [1.807, 2.05) is 25.1 Å². The SMILES string of the molecule is Cc1cc2cc(NC(N[C@H]3CCCCN(CC(=O)N4CCCC4)C3=O)=C(C#N)C(=O)c3ccc(C(=O)NCC(=O)OC(C)(C)C)cc3)ccc2o1. The van der Waals surface area contributed by atoms with Gasteiger partial charge in [-0.1, -0.05) is 12.1 Å². The molecule has 3 aromatic rings. The van der Waals surface area contributed by atoms with E-state index in [1.54, 1.807) is 42.7 Å². The van der Waals surface area contributed by atoms with Crippen molar-refractivity contribution in [3.63, 3.8) is 0 Å². The largest absolute Gasteiger partial charge is 0.461 e. The molecule has 2 saturated heterocycles. The van der Waals surface area contributed by atoms with Gasteiger partial charge in [0, 0.05) is 41.8 Å². The monoisotopic (exact) mass is 696 g/mol. The van der Waals surface area contributed by atoms with Gasteiger partial charge in [0.2, 0.25) is 17.6 Å². The van der Waals surface area contributed by atoms with Crippen LogP contribution in [0.2, 0.25) is 0 Å². The van der Waals surface area contributed by atoms with Gasteiger partial charge < -0.3 is 34.9 Å². The molecule has 13 nitrogen and oxygen atoms in total. The summed E-state index contributed by atoms with van der Waals surface area (Å²) in [4.78, 5) is 68.8. The number of amides is 3. The van der Waals surface area contributed by atoms with Crippen LogP contribution in [0, 0.1) is 18.3 Å². The van der Waals surface area contributed by atoms with Crippen LogP contribution in [0.15, 0.2) is 64.3 Å². The van der Waals surface area contributed by atoms with Gasteiger partial charge in [-0.25, -0.2) is 0 Å². The average Bonchev–Trinajstić information content (AvgIpc) is 3.73. The molecule has 1 aromatic heterocycles. The Kier molecular flexibility index (Phi) is 11.4. The van der Waals surface area contributed by atoms with Crippen molar-refractivity contribution in [1.82, 2.24) is 20.4 Å². The zero-order valence-corrected chi connectivity index (χ0v) is 29.5. The van der Waals surface area contributed by atoms with E-state index in [0.29, 0.717) is 50.2 Å². The molecule has 2 fully saturated rings. The number of ether oxygens (including phenoxy) is 1. The van der Waals surface area contributed by atoms with Gasteiger partial charge in [0.15, 0.2) is 0 Å². The van der Waals surface area contributed by atoms with E-state index in [0.717, 1.165) is 24.0 Å². The predicted octanol–water partition coefficient (Wildman–Crippen LogP) is 4.44. The highest BCUT2D eigenvalue weighted by Gasteiger charge is 2.32. The van der Waals surface area contributed by atoms with Crippen LogP contribution in [-0.4, -0.2) is 83.6 Å². The van der Waals surface area contributed by atoms with E-state index < -0.39 is 29.3 Å². The standard InChI is InChI=1S/C38H44N6O7/c1-24-19-27-20-28(14-15-31(27)50-24)41-35(42-30-9-5-6-18-44(37(30)49)23-32(45)43-16-7-8-17-43)29(21-39)34(47)25-10-12-26(13-11-25)36(48)40-22-33(46)51-38(2,3)4/h10-15,19-20,30,41-42H,5-9,16-18,22-23H2,1-4H3,(H,40,48)/t30-/m0/s1. The molecule has 1 atom stereocenters. The number of allylic oxidation sites excluding steroid dienone is 1. The smallest absolute Gasteiger partial charge is 0.325 e. The molecule has 2 aromatic carbocycles. The van der Waals surface area contributed by atoms with Crippen molar-refractivity contribution in [3.05, 3.63) is 76.8 Å². The van der Waals surface area contributed by atoms with Gasteiger partial charge in [-0.15, -0.1) is 0 Å². The molecule has 5 rings (SSSR count). The number of nitrogens with zero attached hydrogens (tertiary/aromatic N) is 3. The van der Waals surface area contributed by atoms with Crippen molar-refractivity contribution >= 4 is 46.1 Å². The number of hydrogen-bond donors (Lipinski definition) is 3. The number of Topliss-reactive ketones (excluding diaryl/α,β-unsaturated/α-hetero) is 1. The summed E-state index contributed by atoms with van der Waals surface area (Å²) in [6.07, 6.45) is 3.73. The lowest BCUT2D eigenvalue weighted by Gasteiger charge is -2.28. The Morgan fingerprint density at radius 2 is 1.65 bits per heavy atom. The van der Waals surface area contributed by atoms with Gasteiger partial charge in [-0.05, 0) is 96.2 Å². The van der Waals surface area contributed by atoms with Crippen LogP contribution in [0.25, 0.3) is 11.0 Å². The number of nitriles is 1. The molecule has 0 saturated carbocycles. The molecule has 3 N–H and O–H groups in total. The molecule has 0 radical (unpaired) electrons. The second-order valence-electron chi connectivity index (χ2n) is 13.8. The number of benzene rings is 2. The minimum atomic E-state index is -0.812. The lowest BCUT2D eigenvalue weighted by atomic mass is 10.0. The van der Waals surface area contributed by atoms with E-state index in [1.165, 1.54) is 24.3 Å². The summed E-state index contributed by atoms with van der Waals surface area (Å²) in [5.41, 5.74) is 0.565. The lowest BCUT2D eigenvalue weighted by Crippen LogP contribution is -2.49. The van der Waals surface area contributed by atoms with Crippen LogP contribution < -0.4 is 16.0 Å². The third-order valence-electron chi connectivity index (χ3n) is 8.60. The second kappa shape index (κ2) is 15.9. The first kappa shape index (κ1) is 36.6. The Bertz CT molecular complexity index is 1880. The normalized spacial score (nSPS) is 16.9. The number of carbonyl (C=O) groups is 5. The Morgan fingerprint density at radius 3 is 2.33 bits per heavy atom. The van der Waals surface area contributed by atoms with Gasteiger partial charge in [-0.3, -0.25) is 24.0 Å². The molecule has 3 heterocycles. The van der Waals surface area contributed by atoms with Gasteiger partial charge in [0.05, 0.1) is 6.54 Å². The summed E-state index contributed by atoms with van der Waals surface area (Å²) in [5, 5.41) is 20.0. The Labute approximate surface area is 297 Å². The highest BCUT2D eigenvalue weighted by Crippen LogP contribution is 2.25. The molecular formula is C38H44N6O7. The maximum Gasteiger partial charge on any atom is 0.325 e. The third-order valence-corrected chi connectivity index (χ3v) is 8.60. The van der Waals surface area contributed by atoms with Gasteiger partial charge in [0.25, 0.3) is 5.91 Å². The summed E-state index contributed by atoms with van der Waals surface area (Å²) in [6.45, 7) is 8.46. The van der Waals surface area contributed by atoms with E-state index in [2.05, 4.69) is 16.0 Å². The van der Waals surface area contributed by atoms with Crippen LogP contribution in [0.4, 0.5) is 5.69 Å². The zero-order chi connectivity index (χ0) is 36.7. The summed E-state index contributed by atoms with van der Waals surface area (Å²) in [7, 11) is 0. The minimum Gasteiger partial charge on any atom is -0.461 e. The van der Waals surface area contributed by atoms with Crippen LogP contribution in [0.5, 0.6) is 0 Å². The Hall–Kier alpha value is -5.64. The van der Waals surface area contributed by atoms with Gasteiger partial charge >= 0.3 is 5.97 Å². The molecule has 3 amide bonds. The molecule has 0 bridgehead atoms. The first-order valence-corrected chi connectivity index (χ1v) is 17.2. The number of aryl methyl sites for hydroxylation is 1. The number of hydrogen-bond acceptors (Lipinski definition) is 10. The van der Waals surface area contributed by atoms with Gasteiger partial charge in [0.1, 0.15) is 47.0 Å². The fourth-order valence-electron chi connectivity index (χ4n) is 6.14. The number of nitrogens with one attached hydrogen (secondary N) is 3. The average molecular weight is 697 g/mol. The van der Waals surface area contributed by atoms with E-state index in [-0.39, 0.29) is 47.4 Å². The summed E-state index contributed by atoms with van der Waals surface area (Å²) < 4.78 is 10.9.